The zero-order valence-electron chi connectivity index (χ0n) is 30.4. The highest BCUT2D eigenvalue weighted by Crippen LogP contribution is 2.39. The van der Waals surface area contributed by atoms with Gasteiger partial charge in [-0.05, 0) is 76.5 Å². The summed E-state index contributed by atoms with van der Waals surface area (Å²) in [6, 6.07) is 17.9. The minimum atomic E-state index is -1.23. The van der Waals surface area contributed by atoms with Crippen LogP contribution in [-0.4, -0.2) is 92.9 Å². The van der Waals surface area contributed by atoms with Crippen LogP contribution in [0.2, 0.25) is 0 Å². The second kappa shape index (κ2) is 16.8. The van der Waals surface area contributed by atoms with Gasteiger partial charge in [-0.3, -0.25) is 24.1 Å². The number of pyridine rings is 1. The van der Waals surface area contributed by atoms with Gasteiger partial charge in [0.25, 0.3) is 5.91 Å². The number of aromatic nitrogens is 1. The van der Waals surface area contributed by atoms with Gasteiger partial charge in [-0.25, -0.2) is 4.98 Å². The zero-order valence-corrected chi connectivity index (χ0v) is 30.4. The molecule has 11 nitrogen and oxygen atoms in total. The van der Waals surface area contributed by atoms with Gasteiger partial charge in [-0.1, -0.05) is 73.9 Å². The van der Waals surface area contributed by atoms with Gasteiger partial charge in [0, 0.05) is 30.6 Å². The van der Waals surface area contributed by atoms with Crippen LogP contribution >= 0.6 is 0 Å². The lowest BCUT2D eigenvalue weighted by Gasteiger charge is -2.47. The first-order chi connectivity index (χ1) is 24.3. The number of carbonyl (C=O) groups is 4. The molecule has 2 fully saturated rings. The molecule has 51 heavy (non-hydrogen) atoms. The molecule has 1 saturated carbocycles. The minimum absolute atomic E-state index is 0.0525. The number of rotatable bonds is 13. The number of nitrogens with zero attached hydrogens (tertiary/aromatic N) is 3. The van der Waals surface area contributed by atoms with E-state index in [2.05, 4.69) is 20.5 Å². The van der Waals surface area contributed by atoms with Crippen molar-refractivity contribution in [3.05, 3.63) is 78.0 Å². The molecule has 11 heteroatoms. The molecule has 1 aliphatic heterocycles. The first-order valence-corrected chi connectivity index (χ1v) is 18.4. The van der Waals surface area contributed by atoms with Crippen molar-refractivity contribution >= 4 is 34.5 Å². The number of aliphatic hydroxyl groups is 1. The van der Waals surface area contributed by atoms with Gasteiger partial charge in [0.2, 0.25) is 17.7 Å². The molecule has 1 saturated heterocycles. The van der Waals surface area contributed by atoms with Crippen LogP contribution in [0.1, 0.15) is 82.3 Å². The van der Waals surface area contributed by atoms with Crippen molar-refractivity contribution in [3.8, 4) is 0 Å². The second-order valence-corrected chi connectivity index (χ2v) is 15.3. The fourth-order valence-electron chi connectivity index (χ4n) is 7.80. The Morgan fingerprint density at radius 3 is 2.35 bits per heavy atom. The third-order valence-electron chi connectivity index (χ3n) is 10.3. The number of likely N-dealkylation sites (N-methyl/N-ethyl adjacent to an activating group) is 1. The number of likely N-dealkylation sites (tertiary alicyclic amines) is 1. The first kappa shape index (κ1) is 37.9. The van der Waals surface area contributed by atoms with Crippen molar-refractivity contribution in [2.45, 2.75) is 102 Å². The number of para-hydroxylation sites is 1. The normalized spacial score (nSPS) is 21.2. The summed E-state index contributed by atoms with van der Waals surface area (Å²) in [5.74, 6) is -0.989. The predicted molar refractivity (Wildman–Crippen MR) is 197 cm³/mol. The average molecular weight is 699 g/mol. The van der Waals surface area contributed by atoms with Gasteiger partial charge in [0.15, 0.2) is 0 Å². The molecule has 3 aromatic rings. The number of amides is 4. The van der Waals surface area contributed by atoms with E-state index in [1.165, 1.54) is 11.3 Å². The summed E-state index contributed by atoms with van der Waals surface area (Å²) in [5.41, 5.74) is 6.91. The minimum Gasteiger partial charge on any atom is -0.390 e. The van der Waals surface area contributed by atoms with Crippen molar-refractivity contribution in [2.24, 2.45) is 17.6 Å². The summed E-state index contributed by atoms with van der Waals surface area (Å²) in [5, 5.41) is 19.0. The standard InChI is InChI=1S/C40H54N6O5/c1-5-46(39(51)31-20-19-27-15-11-12-18-30(27)42-31)34(23-36(41)48)37(49)43-32(21-26-13-7-6-8-14-26)35(47)25-45-24-29-17-10-9-16-28(29)22-33(45)38(50)44-40(2,3)4/h6-8,11-15,18-20,28-29,32-35,47H,5,9-10,16-17,21-25H2,1-4H3,(H2,41,48)(H,43,49)(H,44,50). The van der Waals surface area contributed by atoms with Crippen molar-refractivity contribution in [1.29, 1.82) is 0 Å². The van der Waals surface area contributed by atoms with E-state index in [-0.39, 0.29) is 24.7 Å². The fraction of sp³-hybridized carbons (Fsp3) is 0.525. The highest BCUT2D eigenvalue weighted by Gasteiger charge is 2.42. The predicted octanol–water partition coefficient (Wildman–Crippen LogP) is 3.82. The molecule has 274 valence electrons. The number of piperidine rings is 1. The molecule has 0 radical (unpaired) electrons. The van der Waals surface area contributed by atoms with E-state index in [1.54, 1.807) is 25.1 Å². The smallest absolute Gasteiger partial charge is 0.273 e. The van der Waals surface area contributed by atoms with E-state index in [4.69, 9.17) is 5.73 Å². The zero-order chi connectivity index (χ0) is 36.7. The molecule has 1 aromatic heterocycles. The van der Waals surface area contributed by atoms with Crippen LogP contribution in [0.4, 0.5) is 0 Å². The Labute approximate surface area is 301 Å². The number of fused-ring (bicyclic) bond motifs is 2. The van der Waals surface area contributed by atoms with Crippen LogP contribution in [0.5, 0.6) is 0 Å². The van der Waals surface area contributed by atoms with Gasteiger partial charge in [-0.2, -0.15) is 0 Å². The number of benzene rings is 2. The molecular weight excluding hydrogens is 644 g/mol. The summed E-state index contributed by atoms with van der Waals surface area (Å²) in [6.45, 7) is 8.60. The first-order valence-electron chi connectivity index (χ1n) is 18.4. The molecule has 4 amide bonds. The van der Waals surface area contributed by atoms with E-state index in [9.17, 15) is 24.3 Å². The lowest BCUT2D eigenvalue weighted by molar-refractivity contribution is -0.134. The number of β-amino-alcohol motifs (C(OH)–C–C–N with tert-alkyl or cyclic N) is 1. The summed E-state index contributed by atoms with van der Waals surface area (Å²) in [4.78, 5) is 62.1. The Hall–Kier alpha value is -4.35. The highest BCUT2D eigenvalue weighted by atomic mass is 16.3. The van der Waals surface area contributed by atoms with Crippen molar-refractivity contribution in [3.63, 3.8) is 0 Å². The van der Waals surface area contributed by atoms with Crippen LogP contribution in [0, 0.1) is 11.8 Å². The van der Waals surface area contributed by atoms with Gasteiger partial charge in [0.05, 0.1) is 30.1 Å². The maximum absolute atomic E-state index is 14.2. The van der Waals surface area contributed by atoms with E-state index in [1.807, 2.05) is 69.3 Å². The lowest BCUT2D eigenvalue weighted by atomic mass is 9.72. The molecule has 1 aliphatic carbocycles. The molecule has 5 N–H and O–H groups in total. The molecule has 0 spiro atoms. The van der Waals surface area contributed by atoms with E-state index in [0.29, 0.717) is 30.3 Å². The van der Waals surface area contributed by atoms with Crippen molar-refractivity contribution in [2.75, 3.05) is 19.6 Å². The summed E-state index contributed by atoms with van der Waals surface area (Å²) in [6.07, 6.45) is 4.08. The van der Waals surface area contributed by atoms with Crippen LogP contribution in [0.25, 0.3) is 10.9 Å². The van der Waals surface area contributed by atoms with E-state index >= 15 is 0 Å². The largest absolute Gasteiger partial charge is 0.390 e. The van der Waals surface area contributed by atoms with E-state index in [0.717, 1.165) is 36.6 Å². The number of primary amides is 1. The van der Waals surface area contributed by atoms with Crippen LogP contribution in [-0.2, 0) is 20.8 Å². The number of nitrogens with one attached hydrogen (secondary N) is 2. The quantitative estimate of drug-likeness (QED) is 0.211. The molecule has 2 aliphatic rings. The van der Waals surface area contributed by atoms with Gasteiger partial charge in [-0.15, -0.1) is 0 Å². The Bertz CT molecular complexity index is 1680. The van der Waals surface area contributed by atoms with Crippen LogP contribution in [0.15, 0.2) is 66.7 Å². The number of hydrogen-bond acceptors (Lipinski definition) is 7. The van der Waals surface area contributed by atoms with Crippen LogP contribution in [0.3, 0.4) is 0 Å². The summed E-state index contributed by atoms with van der Waals surface area (Å²) in [7, 11) is 0. The van der Waals surface area contributed by atoms with E-state index < -0.39 is 53.9 Å². The number of aliphatic hydroxyl groups excluding tert-OH is 1. The Morgan fingerprint density at radius 2 is 1.67 bits per heavy atom. The van der Waals surface area contributed by atoms with Crippen LogP contribution < -0.4 is 16.4 Å². The second-order valence-electron chi connectivity index (χ2n) is 15.3. The summed E-state index contributed by atoms with van der Waals surface area (Å²) >= 11 is 0. The summed E-state index contributed by atoms with van der Waals surface area (Å²) < 4.78 is 0. The van der Waals surface area contributed by atoms with Gasteiger partial charge < -0.3 is 26.4 Å². The van der Waals surface area contributed by atoms with Gasteiger partial charge >= 0.3 is 0 Å². The third-order valence-corrected chi connectivity index (χ3v) is 10.3. The monoisotopic (exact) mass is 698 g/mol. The fourth-order valence-corrected chi connectivity index (χ4v) is 7.80. The maximum Gasteiger partial charge on any atom is 0.273 e. The Kier molecular flexibility index (Phi) is 12.5. The molecular formula is C40H54N6O5. The topological polar surface area (TPSA) is 158 Å². The van der Waals surface area contributed by atoms with Crippen molar-refractivity contribution in [1.82, 2.24) is 25.4 Å². The molecule has 6 atom stereocenters. The molecule has 5 rings (SSSR count). The van der Waals surface area contributed by atoms with Gasteiger partial charge in [0.1, 0.15) is 11.7 Å². The number of hydrogen-bond donors (Lipinski definition) is 4. The van der Waals surface area contributed by atoms with Crippen molar-refractivity contribution < 1.29 is 24.3 Å². The molecule has 2 aromatic carbocycles. The molecule has 0 bridgehead atoms. The highest BCUT2D eigenvalue weighted by molar-refractivity contribution is 5.99. The third kappa shape index (κ3) is 9.92. The SMILES string of the molecule is CCN(C(=O)c1ccc2ccccc2n1)C(CC(N)=O)C(=O)NC(Cc1ccccc1)C(O)CN1CC2CCCCC2CC1C(=O)NC(C)(C)C. The number of carbonyl (C=O) groups excluding carboxylic acids is 4. The average Bonchev–Trinajstić information content (AvgIpc) is 3.10. The molecule has 6 unspecified atom stereocenters. The molecule has 2 heterocycles. The number of nitrogens with two attached hydrogens (primary N) is 1. The Morgan fingerprint density at radius 1 is 0.980 bits per heavy atom. The Balaban J connectivity index is 1.40. The lowest BCUT2D eigenvalue weighted by Crippen LogP contribution is -2.61. The maximum atomic E-state index is 14.2.